The van der Waals surface area contributed by atoms with Gasteiger partial charge in [-0.25, -0.2) is 9.13 Å². The summed E-state index contributed by atoms with van der Waals surface area (Å²) in [5.74, 6) is -1.36. The summed E-state index contributed by atoms with van der Waals surface area (Å²) in [7, 11) is -9.90. The van der Waals surface area contributed by atoms with E-state index < -0.39 is 97.5 Å². The first-order valence-electron chi connectivity index (χ1n) is 40.1. The number of carbonyl (C=O) groups is 4. The molecule has 0 rings (SSSR count). The maximum Gasteiger partial charge on any atom is 0.472 e. The van der Waals surface area contributed by atoms with Crippen molar-refractivity contribution < 1.29 is 80.2 Å². The molecule has 0 aliphatic carbocycles. The molecule has 570 valence electrons. The highest BCUT2D eigenvalue weighted by molar-refractivity contribution is 7.47. The zero-order valence-corrected chi connectivity index (χ0v) is 64.3. The van der Waals surface area contributed by atoms with Crippen molar-refractivity contribution in [3.63, 3.8) is 0 Å². The Bertz CT molecular complexity index is 1840. The van der Waals surface area contributed by atoms with Crippen molar-refractivity contribution >= 4 is 39.5 Å². The fraction of sp³-hybridized carbons (Fsp3) is 0.948. The third kappa shape index (κ3) is 70.5. The molecule has 0 radical (unpaired) electrons. The lowest BCUT2D eigenvalue weighted by Crippen LogP contribution is -2.30. The molecule has 0 spiro atoms. The number of hydrogen-bond donors (Lipinski definition) is 3. The van der Waals surface area contributed by atoms with Crippen LogP contribution in [-0.4, -0.2) is 96.7 Å². The van der Waals surface area contributed by atoms with Gasteiger partial charge in [0.2, 0.25) is 0 Å². The summed E-state index contributed by atoms with van der Waals surface area (Å²) in [5.41, 5.74) is 0. The SMILES string of the molecule is CCCCCCCCCCCCCCCCCCCCCCCC(=O)O[C@H](COC(=O)CCCCCCCCCCCCCCCCCC)COP(=O)(O)OC[C@@H](O)COP(=O)(O)OC[C@@H](COC(=O)CCCCCCC)OC(=O)CCCCCCCCCCCCCC(C)C. The van der Waals surface area contributed by atoms with Gasteiger partial charge in [-0.15, -0.1) is 0 Å². The van der Waals surface area contributed by atoms with E-state index in [0.29, 0.717) is 25.7 Å². The molecule has 0 aliphatic heterocycles. The van der Waals surface area contributed by atoms with E-state index in [4.69, 9.17) is 37.0 Å². The molecule has 5 atom stereocenters. The van der Waals surface area contributed by atoms with Crippen molar-refractivity contribution in [2.75, 3.05) is 39.6 Å². The third-order valence-electron chi connectivity index (χ3n) is 18.0. The van der Waals surface area contributed by atoms with Gasteiger partial charge in [0.15, 0.2) is 12.2 Å². The number of aliphatic hydroxyl groups excluding tert-OH is 1. The van der Waals surface area contributed by atoms with Crippen molar-refractivity contribution in [1.82, 2.24) is 0 Å². The van der Waals surface area contributed by atoms with Crippen LogP contribution < -0.4 is 0 Å². The molecular formula is C77H150O17P2. The lowest BCUT2D eigenvalue weighted by atomic mass is 10.0. The van der Waals surface area contributed by atoms with Crippen LogP contribution in [0, 0.1) is 5.92 Å². The minimum absolute atomic E-state index is 0.106. The summed E-state index contributed by atoms with van der Waals surface area (Å²) in [4.78, 5) is 72.6. The molecule has 2 unspecified atom stereocenters. The normalized spacial score (nSPS) is 13.9. The number of unbranched alkanes of at least 4 members (excludes halogenated alkanes) is 49. The summed E-state index contributed by atoms with van der Waals surface area (Å²) in [5, 5.41) is 10.6. The highest BCUT2D eigenvalue weighted by Crippen LogP contribution is 2.45. The minimum Gasteiger partial charge on any atom is -0.462 e. The first kappa shape index (κ1) is 94.1. The minimum atomic E-state index is -4.96. The van der Waals surface area contributed by atoms with Gasteiger partial charge in [-0.3, -0.25) is 37.3 Å². The van der Waals surface area contributed by atoms with Gasteiger partial charge in [0.05, 0.1) is 26.4 Å². The predicted octanol–water partition coefficient (Wildman–Crippen LogP) is 22.9. The van der Waals surface area contributed by atoms with Crippen LogP contribution in [-0.2, 0) is 65.4 Å². The Morgan fingerprint density at radius 3 is 0.708 bits per heavy atom. The van der Waals surface area contributed by atoms with Crippen molar-refractivity contribution in [2.24, 2.45) is 5.92 Å². The quantitative estimate of drug-likeness (QED) is 0.0222. The Morgan fingerprint density at radius 2 is 0.479 bits per heavy atom. The Hall–Kier alpha value is -1.94. The molecule has 0 amide bonds. The number of aliphatic hydroxyl groups is 1. The average molecular weight is 1410 g/mol. The molecule has 19 heteroatoms. The van der Waals surface area contributed by atoms with Gasteiger partial charge in [0.25, 0.3) is 0 Å². The molecular weight excluding hydrogens is 1260 g/mol. The molecule has 17 nitrogen and oxygen atoms in total. The van der Waals surface area contributed by atoms with Gasteiger partial charge in [0.1, 0.15) is 19.3 Å². The average Bonchev–Trinajstić information content (AvgIpc) is 1.10. The van der Waals surface area contributed by atoms with E-state index in [0.717, 1.165) is 102 Å². The van der Waals surface area contributed by atoms with Crippen LogP contribution >= 0.6 is 15.6 Å². The molecule has 0 aromatic rings. The van der Waals surface area contributed by atoms with Crippen molar-refractivity contribution in [1.29, 1.82) is 0 Å². The largest absolute Gasteiger partial charge is 0.472 e. The summed E-state index contributed by atoms with van der Waals surface area (Å²) >= 11 is 0. The zero-order valence-electron chi connectivity index (χ0n) is 62.5. The molecule has 0 aromatic carbocycles. The summed E-state index contributed by atoms with van der Waals surface area (Å²) < 4.78 is 68.3. The maximum absolute atomic E-state index is 13.1. The second-order valence-electron chi connectivity index (χ2n) is 28.2. The Balaban J connectivity index is 5.12. The van der Waals surface area contributed by atoms with Gasteiger partial charge in [-0.05, 0) is 31.6 Å². The van der Waals surface area contributed by atoms with E-state index in [1.165, 1.54) is 225 Å². The van der Waals surface area contributed by atoms with Gasteiger partial charge in [0, 0.05) is 25.7 Å². The Labute approximate surface area is 588 Å². The van der Waals surface area contributed by atoms with Crippen molar-refractivity contribution in [2.45, 2.75) is 425 Å². The number of esters is 4. The summed E-state index contributed by atoms with van der Waals surface area (Å²) in [6.07, 6.45) is 60.2. The second-order valence-corrected chi connectivity index (χ2v) is 31.1. The second kappa shape index (κ2) is 70.1. The van der Waals surface area contributed by atoms with Gasteiger partial charge < -0.3 is 33.8 Å². The van der Waals surface area contributed by atoms with E-state index in [1.54, 1.807) is 0 Å². The molecule has 0 fully saturated rings. The monoisotopic (exact) mass is 1410 g/mol. The fourth-order valence-corrected chi connectivity index (χ4v) is 13.5. The Morgan fingerprint density at radius 1 is 0.281 bits per heavy atom. The summed E-state index contributed by atoms with van der Waals surface area (Å²) in [6, 6.07) is 0. The van der Waals surface area contributed by atoms with Crippen LogP contribution in [0.4, 0.5) is 0 Å². The van der Waals surface area contributed by atoms with Crippen molar-refractivity contribution in [3.05, 3.63) is 0 Å². The molecule has 0 saturated carbocycles. The number of ether oxygens (including phenoxy) is 4. The lowest BCUT2D eigenvalue weighted by Gasteiger charge is -2.21. The van der Waals surface area contributed by atoms with Crippen molar-refractivity contribution in [3.8, 4) is 0 Å². The van der Waals surface area contributed by atoms with E-state index in [9.17, 15) is 43.2 Å². The number of hydrogen-bond acceptors (Lipinski definition) is 15. The van der Waals surface area contributed by atoms with Gasteiger partial charge in [-0.2, -0.15) is 0 Å². The molecule has 3 N–H and O–H groups in total. The summed E-state index contributed by atoms with van der Waals surface area (Å²) in [6.45, 7) is 7.21. The molecule has 0 saturated heterocycles. The fourth-order valence-electron chi connectivity index (χ4n) is 11.9. The first-order chi connectivity index (χ1) is 46.5. The van der Waals surface area contributed by atoms with E-state index in [-0.39, 0.29) is 25.7 Å². The molecule has 96 heavy (non-hydrogen) atoms. The van der Waals surface area contributed by atoms with Crippen LogP contribution in [0.3, 0.4) is 0 Å². The topological polar surface area (TPSA) is 237 Å². The smallest absolute Gasteiger partial charge is 0.462 e. The number of phosphoric acid groups is 2. The van der Waals surface area contributed by atoms with Gasteiger partial charge >= 0.3 is 39.5 Å². The molecule has 0 bridgehead atoms. The van der Waals surface area contributed by atoms with Crippen LogP contribution in [0.2, 0.25) is 0 Å². The number of rotatable bonds is 77. The van der Waals surface area contributed by atoms with Crippen LogP contribution in [0.5, 0.6) is 0 Å². The molecule has 0 aromatic heterocycles. The number of phosphoric ester groups is 2. The van der Waals surface area contributed by atoms with E-state index in [1.807, 2.05) is 0 Å². The maximum atomic E-state index is 13.1. The highest BCUT2D eigenvalue weighted by Gasteiger charge is 2.30. The van der Waals surface area contributed by atoms with Crippen LogP contribution in [0.25, 0.3) is 0 Å². The van der Waals surface area contributed by atoms with Gasteiger partial charge in [-0.1, -0.05) is 356 Å². The third-order valence-corrected chi connectivity index (χ3v) is 19.9. The first-order valence-corrected chi connectivity index (χ1v) is 43.1. The van der Waals surface area contributed by atoms with Crippen LogP contribution in [0.15, 0.2) is 0 Å². The molecule has 0 heterocycles. The standard InChI is InChI=1S/C77H150O17P2/c1-6-9-12-15-17-19-21-23-25-27-28-29-30-31-33-35-39-43-47-52-57-62-77(82)94-73(67-88-75(80)61-56-51-46-42-38-34-32-26-24-22-20-18-16-13-10-7-2)69-92-96(85,86)90-65-71(78)64-89-95(83,84)91-68-72(66-87-74(79)60-55-49-14-11-8-3)93-76(81)63-58-53-48-44-40-36-37-41-45-50-54-59-70(4)5/h70-73,78H,6-69H2,1-5H3,(H,83,84)(H,85,86)/t71-,72+,73+/m0/s1. The molecule has 0 aliphatic rings. The lowest BCUT2D eigenvalue weighted by molar-refractivity contribution is -0.161. The zero-order chi connectivity index (χ0) is 70.5. The van der Waals surface area contributed by atoms with E-state index >= 15 is 0 Å². The number of carbonyl (C=O) groups excluding carboxylic acids is 4. The Kier molecular flexibility index (Phi) is 68.7. The van der Waals surface area contributed by atoms with E-state index in [2.05, 4.69) is 34.6 Å². The predicted molar refractivity (Wildman–Crippen MR) is 391 cm³/mol. The van der Waals surface area contributed by atoms with Crippen LogP contribution in [0.1, 0.15) is 407 Å². The highest BCUT2D eigenvalue weighted by atomic mass is 31.2.